The van der Waals surface area contributed by atoms with Gasteiger partial charge in [-0.25, -0.2) is 13.1 Å². The molecule has 0 bridgehead atoms. The number of nitrogens with one attached hydrogen (secondary N) is 1. The van der Waals surface area contributed by atoms with Crippen LogP contribution in [-0.2, 0) is 10.0 Å². The lowest BCUT2D eigenvalue weighted by atomic mass is 10.2. The molecule has 0 atom stereocenters. The van der Waals surface area contributed by atoms with E-state index in [2.05, 4.69) is 20.0 Å². The highest BCUT2D eigenvalue weighted by Crippen LogP contribution is 2.31. The Hall–Kier alpha value is -4.12. The van der Waals surface area contributed by atoms with Gasteiger partial charge in [0.05, 0.1) is 18.9 Å². The van der Waals surface area contributed by atoms with Crippen molar-refractivity contribution in [3.63, 3.8) is 0 Å². The molecular weight excluding hydrogens is 494 g/mol. The van der Waals surface area contributed by atoms with Crippen molar-refractivity contribution in [2.24, 2.45) is 0 Å². The maximum atomic E-state index is 13.0. The summed E-state index contributed by atoms with van der Waals surface area (Å²) in [7, 11) is -3.91. The van der Waals surface area contributed by atoms with Crippen molar-refractivity contribution < 1.29 is 22.6 Å². The number of ether oxygens (including phenoxy) is 3. The minimum absolute atomic E-state index is 0.0197. The van der Waals surface area contributed by atoms with Crippen LogP contribution in [0.1, 0.15) is 30.8 Å². The Balaban J connectivity index is 1.46. The van der Waals surface area contributed by atoms with Crippen LogP contribution in [0.3, 0.4) is 0 Å². The number of hydrogen-bond donors (Lipinski definition) is 1. The number of hydrogen-bond acceptors (Lipinski definition) is 8. The molecule has 2 heterocycles. The van der Waals surface area contributed by atoms with Crippen LogP contribution < -0.4 is 18.9 Å². The summed E-state index contributed by atoms with van der Waals surface area (Å²) in [5, 5.41) is 12.8. The normalized spacial score (nSPS) is 11.3. The molecule has 2 aromatic heterocycles. The maximum absolute atomic E-state index is 13.0. The minimum atomic E-state index is -3.91. The molecule has 0 unspecified atom stereocenters. The zero-order chi connectivity index (χ0) is 26.6. The van der Waals surface area contributed by atoms with Gasteiger partial charge in [0.2, 0.25) is 5.88 Å². The van der Waals surface area contributed by atoms with Crippen LogP contribution in [0.15, 0.2) is 59.5 Å². The minimum Gasteiger partial charge on any atom is -0.494 e. The highest BCUT2D eigenvalue weighted by molar-refractivity contribution is 7.92. The fourth-order valence-electron chi connectivity index (χ4n) is 3.58. The first-order valence-electron chi connectivity index (χ1n) is 11.8. The summed E-state index contributed by atoms with van der Waals surface area (Å²) >= 11 is 0. The van der Waals surface area contributed by atoms with Crippen molar-refractivity contribution in [2.45, 2.75) is 39.5 Å². The average Bonchev–Trinajstić information content (AvgIpc) is 3.13. The number of benzene rings is 2. The molecule has 0 radical (unpaired) electrons. The summed E-state index contributed by atoms with van der Waals surface area (Å²) in [5.41, 5.74) is 3.41. The van der Waals surface area contributed by atoms with E-state index in [4.69, 9.17) is 14.2 Å². The molecule has 4 rings (SSSR count). The van der Waals surface area contributed by atoms with Gasteiger partial charge in [0.15, 0.2) is 5.82 Å². The molecular formula is C26H29N5O5S. The highest BCUT2D eigenvalue weighted by Gasteiger charge is 2.21. The van der Waals surface area contributed by atoms with Gasteiger partial charge in [0, 0.05) is 23.5 Å². The lowest BCUT2D eigenvalue weighted by Crippen LogP contribution is -2.14. The standard InChI is InChI=1S/C26H29N5O5S/c1-6-34-22-12-13-24(23(16-22)35-7-2)37(32,33)30-20-8-10-21(11-9-20)36-26-15-14-25(27-28-26)31-19(5)17(3)18(4)29-31/h8-16,30H,6-7H2,1-5H3. The lowest BCUT2D eigenvalue weighted by molar-refractivity contribution is 0.317. The van der Waals surface area contributed by atoms with Crippen molar-refractivity contribution in [3.8, 4) is 28.9 Å². The number of anilines is 1. The third-order valence-corrected chi connectivity index (χ3v) is 7.06. The van der Waals surface area contributed by atoms with Gasteiger partial charge in [0.1, 0.15) is 22.1 Å². The van der Waals surface area contributed by atoms with Crippen LogP contribution in [-0.4, -0.2) is 41.6 Å². The molecule has 0 saturated carbocycles. The van der Waals surface area contributed by atoms with Crippen molar-refractivity contribution in [1.29, 1.82) is 0 Å². The molecule has 0 spiro atoms. The summed E-state index contributed by atoms with van der Waals surface area (Å²) in [4.78, 5) is 0.0197. The fourth-order valence-corrected chi connectivity index (χ4v) is 4.77. The zero-order valence-electron chi connectivity index (χ0n) is 21.3. The first-order valence-corrected chi connectivity index (χ1v) is 13.3. The zero-order valence-corrected chi connectivity index (χ0v) is 22.2. The largest absolute Gasteiger partial charge is 0.494 e. The van der Waals surface area contributed by atoms with Crippen molar-refractivity contribution >= 4 is 15.7 Å². The van der Waals surface area contributed by atoms with E-state index in [1.165, 1.54) is 6.07 Å². The molecule has 0 saturated heterocycles. The van der Waals surface area contributed by atoms with E-state index in [1.807, 2.05) is 27.7 Å². The molecule has 1 N–H and O–H groups in total. The van der Waals surface area contributed by atoms with Crippen LogP contribution >= 0.6 is 0 Å². The number of aromatic nitrogens is 4. The molecule has 194 valence electrons. The fraction of sp³-hybridized carbons (Fsp3) is 0.269. The van der Waals surface area contributed by atoms with Crippen LogP contribution in [0.4, 0.5) is 5.69 Å². The van der Waals surface area contributed by atoms with E-state index in [-0.39, 0.29) is 10.6 Å². The predicted molar refractivity (Wildman–Crippen MR) is 139 cm³/mol. The van der Waals surface area contributed by atoms with Crippen LogP contribution in [0.2, 0.25) is 0 Å². The Morgan fingerprint density at radius 2 is 1.57 bits per heavy atom. The van der Waals surface area contributed by atoms with Gasteiger partial charge < -0.3 is 14.2 Å². The Labute approximate surface area is 216 Å². The van der Waals surface area contributed by atoms with Gasteiger partial charge in [0.25, 0.3) is 10.0 Å². The molecule has 11 heteroatoms. The molecule has 10 nitrogen and oxygen atoms in total. The molecule has 4 aromatic rings. The molecule has 0 aliphatic carbocycles. The van der Waals surface area contributed by atoms with Crippen molar-refractivity contribution in [3.05, 3.63) is 71.5 Å². The van der Waals surface area contributed by atoms with E-state index in [9.17, 15) is 8.42 Å². The van der Waals surface area contributed by atoms with Gasteiger partial charge in [-0.1, -0.05) is 0 Å². The van der Waals surface area contributed by atoms with Gasteiger partial charge >= 0.3 is 0 Å². The number of rotatable bonds is 10. The van der Waals surface area contributed by atoms with Crippen molar-refractivity contribution in [2.75, 3.05) is 17.9 Å². The second-order valence-corrected chi connectivity index (χ2v) is 9.79. The van der Waals surface area contributed by atoms with E-state index in [1.54, 1.807) is 60.1 Å². The Bertz CT molecular complexity index is 1480. The van der Waals surface area contributed by atoms with Gasteiger partial charge in [-0.05, 0) is 82.6 Å². The molecule has 0 aliphatic heterocycles. The summed E-state index contributed by atoms with van der Waals surface area (Å²) < 4.78 is 47.2. The maximum Gasteiger partial charge on any atom is 0.265 e. The second kappa shape index (κ2) is 10.9. The van der Waals surface area contributed by atoms with Crippen LogP contribution in [0.25, 0.3) is 5.82 Å². The summed E-state index contributed by atoms with van der Waals surface area (Å²) in [6, 6.07) is 14.6. The van der Waals surface area contributed by atoms with Crippen molar-refractivity contribution in [1.82, 2.24) is 20.0 Å². The molecule has 37 heavy (non-hydrogen) atoms. The van der Waals surface area contributed by atoms with Gasteiger partial charge in [-0.3, -0.25) is 4.72 Å². The molecule has 0 fully saturated rings. The molecule has 0 amide bonds. The summed E-state index contributed by atoms with van der Waals surface area (Å²) in [5.74, 6) is 2.12. The Morgan fingerprint density at radius 1 is 0.865 bits per heavy atom. The lowest BCUT2D eigenvalue weighted by Gasteiger charge is -2.14. The van der Waals surface area contributed by atoms with E-state index in [0.717, 1.165) is 17.0 Å². The predicted octanol–water partition coefficient (Wildman–Crippen LogP) is 4.98. The third-order valence-electron chi connectivity index (χ3n) is 5.64. The van der Waals surface area contributed by atoms with Crippen LogP contribution in [0.5, 0.6) is 23.1 Å². The molecule has 0 aliphatic rings. The monoisotopic (exact) mass is 523 g/mol. The summed E-state index contributed by atoms with van der Waals surface area (Å²) in [6.07, 6.45) is 0. The SMILES string of the molecule is CCOc1ccc(S(=O)(=O)Nc2ccc(Oc3ccc(-n4nc(C)c(C)c4C)nn3)cc2)c(OCC)c1. The average molecular weight is 524 g/mol. The summed E-state index contributed by atoms with van der Waals surface area (Å²) in [6.45, 7) is 10.4. The number of sulfonamides is 1. The van der Waals surface area contributed by atoms with Gasteiger partial charge in [-0.15, -0.1) is 10.2 Å². The van der Waals surface area contributed by atoms with Crippen LogP contribution in [0, 0.1) is 20.8 Å². The first kappa shape index (κ1) is 26.0. The van der Waals surface area contributed by atoms with E-state index < -0.39 is 10.0 Å². The molecule has 2 aromatic carbocycles. The smallest absolute Gasteiger partial charge is 0.265 e. The van der Waals surface area contributed by atoms with E-state index >= 15 is 0 Å². The van der Waals surface area contributed by atoms with Gasteiger partial charge in [-0.2, -0.15) is 5.10 Å². The highest BCUT2D eigenvalue weighted by atomic mass is 32.2. The first-order chi connectivity index (χ1) is 17.7. The Morgan fingerprint density at radius 3 is 2.16 bits per heavy atom. The number of aryl methyl sites for hydroxylation is 1. The van der Waals surface area contributed by atoms with E-state index in [0.29, 0.717) is 42.1 Å². The third kappa shape index (κ3) is 5.83. The number of nitrogens with zero attached hydrogens (tertiary/aromatic N) is 4. The Kier molecular flexibility index (Phi) is 7.63. The second-order valence-electron chi connectivity index (χ2n) is 8.14. The topological polar surface area (TPSA) is 117 Å². The quantitative estimate of drug-likeness (QED) is 0.309.